The van der Waals surface area contributed by atoms with Crippen molar-refractivity contribution in [2.24, 2.45) is 0 Å². The van der Waals surface area contributed by atoms with Gasteiger partial charge in [0, 0.05) is 13.1 Å². The Kier molecular flexibility index (Phi) is 3.49. The Bertz CT molecular complexity index is 628. The van der Waals surface area contributed by atoms with Crippen LogP contribution >= 0.6 is 11.6 Å². The zero-order valence-corrected chi connectivity index (χ0v) is 12.3. The summed E-state index contributed by atoms with van der Waals surface area (Å²) in [5.74, 6) is 1.77. The lowest BCUT2D eigenvalue weighted by Crippen LogP contribution is -2.31. The highest BCUT2D eigenvalue weighted by Gasteiger charge is 2.20. The molecule has 0 atom stereocenters. The van der Waals surface area contributed by atoms with E-state index in [4.69, 9.17) is 16.3 Å². The van der Waals surface area contributed by atoms with Gasteiger partial charge in [-0.1, -0.05) is 11.6 Å². The zero-order valence-electron chi connectivity index (χ0n) is 11.6. The fraction of sp³-hybridized carbons (Fsp3) is 0.333. The molecule has 1 aromatic carbocycles. The lowest BCUT2D eigenvalue weighted by Gasteiger charge is -2.30. The summed E-state index contributed by atoms with van der Waals surface area (Å²) in [6.07, 6.45) is 4.32. The summed E-state index contributed by atoms with van der Waals surface area (Å²) < 4.78 is 5.35. The summed E-state index contributed by atoms with van der Waals surface area (Å²) in [6.45, 7) is 3.90. The minimum absolute atomic E-state index is 0.420. The van der Waals surface area contributed by atoms with Crippen LogP contribution in [0.2, 0.25) is 5.15 Å². The first-order valence-corrected chi connectivity index (χ1v) is 6.94. The Balaban J connectivity index is 1.91. The molecular weight excluding hydrogens is 274 g/mol. The molecule has 0 N–H and O–H groups in total. The number of hydrogen-bond acceptors (Lipinski definition) is 4. The van der Waals surface area contributed by atoms with E-state index in [1.165, 1.54) is 16.7 Å². The van der Waals surface area contributed by atoms with Crippen molar-refractivity contribution < 1.29 is 4.74 Å². The van der Waals surface area contributed by atoms with Gasteiger partial charge in [0.1, 0.15) is 16.7 Å². The molecule has 1 aliphatic rings. The number of anilines is 1. The van der Waals surface area contributed by atoms with Crippen molar-refractivity contribution in [3.8, 4) is 5.75 Å². The van der Waals surface area contributed by atoms with Gasteiger partial charge in [-0.2, -0.15) is 0 Å². The Morgan fingerprint density at radius 1 is 1.25 bits per heavy atom. The Hall–Kier alpha value is -1.81. The van der Waals surface area contributed by atoms with Gasteiger partial charge < -0.3 is 9.64 Å². The van der Waals surface area contributed by atoms with Crippen molar-refractivity contribution >= 4 is 17.4 Å². The van der Waals surface area contributed by atoms with E-state index in [9.17, 15) is 0 Å². The fourth-order valence-corrected chi connectivity index (χ4v) is 2.76. The van der Waals surface area contributed by atoms with Crippen LogP contribution in [0, 0.1) is 6.92 Å². The number of halogens is 1. The van der Waals surface area contributed by atoms with Gasteiger partial charge in [0.2, 0.25) is 0 Å². The first-order chi connectivity index (χ1) is 9.67. The Labute approximate surface area is 123 Å². The average molecular weight is 290 g/mol. The number of aromatic nitrogens is 2. The number of nitrogens with zero attached hydrogens (tertiary/aromatic N) is 3. The SMILES string of the molecule is COc1cc(C)c2c(c1)CN(c1cnc(Cl)cn1)CC2. The van der Waals surface area contributed by atoms with Crippen LogP contribution in [0.4, 0.5) is 5.82 Å². The molecule has 0 saturated heterocycles. The van der Waals surface area contributed by atoms with Crippen molar-refractivity contribution in [2.75, 3.05) is 18.6 Å². The molecule has 0 aliphatic carbocycles. The number of hydrogen-bond donors (Lipinski definition) is 0. The highest BCUT2D eigenvalue weighted by molar-refractivity contribution is 6.29. The molecular formula is C15H16ClN3O. The quantitative estimate of drug-likeness (QED) is 0.852. The molecule has 0 radical (unpaired) electrons. The van der Waals surface area contributed by atoms with Crippen LogP contribution in [0.25, 0.3) is 0 Å². The second kappa shape index (κ2) is 5.29. The van der Waals surface area contributed by atoms with Gasteiger partial charge in [0.25, 0.3) is 0 Å². The molecule has 1 aromatic heterocycles. The first kappa shape index (κ1) is 13.2. The molecule has 0 unspecified atom stereocenters. The van der Waals surface area contributed by atoms with E-state index >= 15 is 0 Å². The van der Waals surface area contributed by atoms with Crippen LogP contribution in [0.3, 0.4) is 0 Å². The van der Waals surface area contributed by atoms with E-state index in [2.05, 4.69) is 33.9 Å². The third kappa shape index (κ3) is 2.43. The van der Waals surface area contributed by atoms with E-state index < -0.39 is 0 Å². The predicted molar refractivity (Wildman–Crippen MR) is 79.5 cm³/mol. The predicted octanol–water partition coefficient (Wildman–Crippen LogP) is 3.01. The van der Waals surface area contributed by atoms with Crippen LogP contribution in [0.1, 0.15) is 16.7 Å². The molecule has 0 amide bonds. The van der Waals surface area contributed by atoms with E-state index in [1.54, 1.807) is 19.5 Å². The molecule has 0 bridgehead atoms. The molecule has 3 rings (SSSR count). The zero-order chi connectivity index (χ0) is 14.1. The number of methoxy groups -OCH3 is 1. The van der Waals surface area contributed by atoms with Gasteiger partial charge in [-0.05, 0) is 42.2 Å². The van der Waals surface area contributed by atoms with E-state index in [0.29, 0.717) is 5.15 Å². The minimum atomic E-state index is 0.420. The third-order valence-corrected chi connectivity index (χ3v) is 3.89. The maximum atomic E-state index is 5.78. The largest absolute Gasteiger partial charge is 0.497 e. The highest BCUT2D eigenvalue weighted by atomic mass is 35.5. The second-order valence-corrected chi connectivity index (χ2v) is 5.34. The summed E-state index contributed by atoms with van der Waals surface area (Å²) in [6, 6.07) is 4.20. The molecule has 20 heavy (non-hydrogen) atoms. The van der Waals surface area contributed by atoms with Crippen molar-refractivity contribution in [1.82, 2.24) is 9.97 Å². The van der Waals surface area contributed by atoms with E-state index in [0.717, 1.165) is 31.1 Å². The molecule has 0 spiro atoms. The van der Waals surface area contributed by atoms with E-state index in [1.807, 2.05) is 0 Å². The van der Waals surface area contributed by atoms with Crippen LogP contribution in [0.5, 0.6) is 5.75 Å². The van der Waals surface area contributed by atoms with Crippen molar-refractivity contribution in [2.45, 2.75) is 19.9 Å². The molecule has 1 aliphatic heterocycles. The number of benzene rings is 1. The fourth-order valence-electron chi connectivity index (χ4n) is 2.67. The smallest absolute Gasteiger partial charge is 0.147 e. The van der Waals surface area contributed by atoms with Crippen LogP contribution in [-0.2, 0) is 13.0 Å². The summed E-state index contributed by atoms with van der Waals surface area (Å²) in [5, 5.41) is 0.420. The topological polar surface area (TPSA) is 38.2 Å². The molecule has 0 saturated carbocycles. The molecule has 5 heteroatoms. The minimum Gasteiger partial charge on any atom is -0.497 e. The summed E-state index contributed by atoms with van der Waals surface area (Å²) in [4.78, 5) is 10.7. The standard InChI is InChI=1S/C15H16ClN3O/c1-10-5-12(20-2)6-11-9-19(4-3-13(10)11)15-8-17-14(16)7-18-15/h5-8H,3-4,9H2,1-2H3. The highest BCUT2D eigenvalue weighted by Crippen LogP contribution is 2.29. The maximum Gasteiger partial charge on any atom is 0.147 e. The monoisotopic (exact) mass is 289 g/mol. The number of ether oxygens (including phenoxy) is 1. The Morgan fingerprint density at radius 2 is 2.10 bits per heavy atom. The normalized spacial score (nSPS) is 14.1. The second-order valence-electron chi connectivity index (χ2n) is 4.95. The average Bonchev–Trinajstić information content (AvgIpc) is 2.47. The van der Waals surface area contributed by atoms with Crippen LogP contribution < -0.4 is 9.64 Å². The van der Waals surface area contributed by atoms with Gasteiger partial charge in [-0.25, -0.2) is 9.97 Å². The Morgan fingerprint density at radius 3 is 2.80 bits per heavy atom. The van der Waals surface area contributed by atoms with Gasteiger partial charge in [0.15, 0.2) is 0 Å². The summed E-state index contributed by atoms with van der Waals surface area (Å²) >= 11 is 5.78. The summed E-state index contributed by atoms with van der Waals surface area (Å²) in [5.41, 5.74) is 4.01. The number of fused-ring (bicyclic) bond motifs is 1. The molecule has 2 aromatic rings. The summed E-state index contributed by atoms with van der Waals surface area (Å²) in [7, 11) is 1.70. The maximum absolute atomic E-state index is 5.78. The van der Waals surface area contributed by atoms with E-state index in [-0.39, 0.29) is 0 Å². The molecule has 2 heterocycles. The van der Waals surface area contributed by atoms with Gasteiger partial charge in [-0.15, -0.1) is 0 Å². The van der Waals surface area contributed by atoms with Crippen molar-refractivity contribution in [3.63, 3.8) is 0 Å². The lowest BCUT2D eigenvalue weighted by atomic mass is 9.95. The first-order valence-electron chi connectivity index (χ1n) is 6.56. The van der Waals surface area contributed by atoms with Crippen LogP contribution in [0.15, 0.2) is 24.5 Å². The number of aryl methyl sites for hydroxylation is 1. The van der Waals surface area contributed by atoms with Crippen molar-refractivity contribution in [1.29, 1.82) is 0 Å². The lowest BCUT2D eigenvalue weighted by molar-refractivity contribution is 0.413. The third-order valence-electron chi connectivity index (χ3n) is 3.70. The molecule has 104 valence electrons. The van der Waals surface area contributed by atoms with Gasteiger partial charge >= 0.3 is 0 Å². The van der Waals surface area contributed by atoms with Gasteiger partial charge in [0.05, 0.1) is 19.5 Å². The van der Waals surface area contributed by atoms with Crippen LogP contribution in [-0.4, -0.2) is 23.6 Å². The number of rotatable bonds is 2. The van der Waals surface area contributed by atoms with Crippen molar-refractivity contribution in [3.05, 3.63) is 46.4 Å². The van der Waals surface area contributed by atoms with Gasteiger partial charge in [-0.3, -0.25) is 0 Å². The molecule has 4 nitrogen and oxygen atoms in total. The molecule has 0 fully saturated rings.